The van der Waals surface area contributed by atoms with Gasteiger partial charge in [-0.25, -0.2) is 9.07 Å². The van der Waals surface area contributed by atoms with Crippen LogP contribution in [0.4, 0.5) is 10.2 Å². The zero-order chi connectivity index (χ0) is 20.9. The zero-order valence-corrected chi connectivity index (χ0v) is 17.3. The minimum atomic E-state index is -0.371. The normalized spacial score (nSPS) is 10.7. The SMILES string of the molecule is O=C(Nc1ccn(Cc2ccc(F)cc2)n1)c1ccn(COc2ccc(Br)cc2)n1. The molecule has 0 bridgehead atoms. The highest BCUT2D eigenvalue weighted by Crippen LogP contribution is 2.16. The summed E-state index contributed by atoms with van der Waals surface area (Å²) in [6.07, 6.45) is 3.41. The quantitative estimate of drug-likeness (QED) is 0.437. The Labute approximate surface area is 180 Å². The molecule has 0 atom stereocenters. The molecule has 2 heterocycles. The van der Waals surface area contributed by atoms with E-state index in [0.29, 0.717) is 18.1 Å². The van der Waals surface area contributed by atoms with Crippen LogP contribution in [0.5, 0.6) is 5.75 Å². The van der Waals surface area contributed by atoms with Crippen molar-refractivity contribution < 1.29 is 13.9 Å². The minimum Gasteiger partial charge on any atom is -0.471 e. The van der Waals surface area contributed by atoms with Gasteiger partial charge >= 0.3 is 0 Å². The molecule has 0 saturated carbocycles. The fourth-order valence-corrected chi connectivity index (χ4v) is 2.96. The molecule has 0 spiro atoms. The number of nitrogens with zero attached hydrogens (tertiary/aromatic N) is 4. The molecule has 0 aliphatic rings. The van der Waals surface area contributed by atoms with Gasteiger partial charge in [-0.15, -0.1) is 0 Å². The van der Waals surface area contributed by atoms with Crippen molar-refractivity contribution in [2.45, 2.75) is 13.3 Å². The number of amides is 1. The third-order valence-corrected chi connectivity index (χ3v) is 4.72. The van der Waals surface area contributed by atoms with E-state index in [2.05, 4.69) is 31.4 Å². The van der Waals surface area contributed by atoms with E-state index >= 15 is 0 Å². The molecule has 1 amide bonds. The van der Waals surface area contributed by atoms with E-state index in [1.165, 1.54) is 16.8 Å². The first-order valence-electron chi connectivity index (χ1n) is 9.06. The Morgan fingerprint density at radius 3 is 2.47 bits per heavy atom. The molecule has 2 aromatic carbocycles. The molecule has 0 radical (unpaired) electrons. The second-order valence-electron chi connectivity index (χ2n) is 6.45. The van der Waals surface area contributed by atoms with Crippen molar-refractivity contribution in [2.75, 3.05) is 5.32 Å². The largest absolute Gasteiger partial charge is 0.471 e. The van der Waals surface area contributed by atoms with Gasteiger partial charge in [-0.05, 0) is 48.0 Å². The smallest absolute Gasteiger partial charge is 0.277 e. The number of hydrogen-bond acceptors (Lipinski definition) is 4. The van der Waals surface area contributed by atoms with Gasteiger partial charge in [0.15, 0.2) is 18.2 Å². The number of rotatable bonds is 7. The van der Waals surface area contributed by atoms with Crippen LogP contribution in [0.2, 0.25) is 0 Å². The number of hydrogen-bond donors (Lipinski definition) is 1. The molecule has 1 N–H and O–H groups in total. The van der Waals surface area contributed by atoms with E-state index in [0.717, 1.165) is 10.0 Å². The van der Waals surface area contributed by atoms with Gasteiger partial charge in [0.1, 0.15) is 11.6 Å². The molecule has 4 rings (SSSR count). The molecule has 152 valence electrons. The van der Waals surface area contributed by atoms with Gasteiger partial charge in [0.25, 0.3) is 5.91 Å². The van der Waals surface area contributed by atoms with Crippen molar-refractivity contribution in [2.24, 2.45) is 0 Å². The zero-order valence-electron chi connectivity index (χ0n) is 15.7. The van der Waals surface area contributed by atoms with E-state index in [9.17, 15) is 9.18 Å². The van der Waals surface area contributed by atoms with Crippen molar-refractivity contribution in [1.29, 1.82) is 0 Å². The average Bonchev–Trinajstić information content (AvgIpc) is 3.39. The second kappa shape index (κ2) is 8.91. The highest BCUT2D eigenvalue weighted by Gasteiger charge is 2.12. The maximum atomic E-state index is 13.0. The topological polar surface area (TPSA) is 74.0 Å². The van der Waals surface area contributed by atoms with Crippen molar-refractivity contribution in [3.05, 3.63) is 94.6 Å². The van der Waals surface area contributed by atoms with Gasteiger partial charge in [-0.1, -0.05) is 28.1 Å². The predicted octanol–water partition coefficient (Wildman–Crippen LogP) is 4.32. The number of carbonyl (C=O) groups is 1. The minimum absolute atomic E-state index is 0.182. The van der Waals surface area contributed by atoms with Crippen molar-refractivity contribution in [1.82, 2.24) is 19.6 Å². The molecular formula is C21H17BrFN5O2. The summed E-state index contributed by atoms with van der Waals surface area (Å²) < 4.78 is 22.8. The lowest BCUT2D eigenvalue weighted by Gasteiger charge is -2.06. The number of nitrogens with one attached hydrogen (secondary N) is 1. The van der Waals surface area contributed by atoms with Crippen molar-refractivity contribution in [3.63, 3.8) is 0 Å². The summed E-state index contributed by atoms with van der Waals surface area (Å²) in [5.41, 5.74) is 1.16. The number of aromatic nitrogens is 4. The maximum Gasteiger partial charge on any atom is 0.277 e. The fourth-order valence-electron chi connectivity index (χ4n) is 2.70. The molecule has 4 aromatic rings. The van der Waals surface area contributed by atoms with E-state index < -0.39 is 0 Å². The van der Waals surface area contributed by atoms with Crippen molar-refractivity contribution in [3.8, 4) is 5.75 Å². The summed E-state index contributed by atoms with van der Waals surface area (Å²) in [6, 6.07) is 16.9. The van der Waals surface area contributed by atoms with Crippen molar-refractivity contribution >= 4 is 27.7 Å². The van der Waals surface area contributed by atoms with Gasteiger partial charge in [-0.3, -0.25) is 9.48 Å². The van der Waals surface area contributed by atoms with Crippen LogP contribution in [0.15, 0.2) is 77.5 Å². The first-order valence-corrected chi connectivity index (χ1v) is 9.85. The van der Waals surface area contributed by atoms with Gasteiger partial charge in [0, 0.05) is 22.9 Å². The first kappa shape index (κ1) is 19.8. The fraction of sp³-hybridized carbons (Fsp3) is 0.0952. The second-order valence-corrected chi connectivity index (χ2v) is 7.36. The standard InChI is InChI=1S/C21H17BrFN5O2/c22-16-3-7-18(8-4-16)30-14-28-11-9-19(25-28)21(29)24-20-10-12-27(26-20)13-15-1-5-17(23)6-2-15/h1-12H,13-14H2,(H,24,26,29). The summed E-state index contributed by atoms with van der Waals surface area (Å²) in [7, 11) is 0. The monoisotopic (exact) mass is 469 g/mol. The van der Waals surface area contributed by atoms with Gasteiger partial charge in [0.05, 0.1) is 6.54 Å². The molecule has 0 saturated heterocycles. The van der Waals surface area contributed by atoms with E-state index in [4.69, 9.17) is 4.74 Å². The summed E-state index contributed by atoms with van der Waals surface area (Å²) in [5, 5.41) is 11.2. The van der Waals surface area contributed by atoms with E-state index in [-0.39, 0.29) is 24.1 Å². The summed E-state index contributed by atoms with van der Waals surface area (Å²) >= 11 is 3.37. The van der Waals surface area contributed by atoms with Crippen LogP contribution in [0.25, 0.3) is 0 Å². The lowest BCUT2D eigenvalue weighted by molar-refractivity contribution is 0.101. The molecule has 9 heteroatoms. The van der Waals surface area contributed by atoms with Gasteiger partial charge in [-0.2, -0.15) is 10.2 Å². The van der Waals surface area contributed by atoms with Gasteiger partial charge < -0.3 is 10.1 Å². The first-order chi connectivity index (χ1) is 14.5. The number of ether oxygens (including phenoxy) is 1. The Kier molecular flexibility index (Phi) is 5.89. The molecule has 2 aromatic heterocycles. The molecule has 0 aliphatic heterocycles. The Morgan fingerprint density at radius 1 is 0.967 bits per heavy atom. The Balaban J connectivity index is 1.32. The average molecular weight is 470 g/mol. The van der Waals surface area contributed by atoms with E-state index in [1.807, 2.05) is 24.3 Å². The van der Waals surface area contributed by atoms with Crippen LogP contribution in [0, 0.1) is 5.82 Å². The third-order valence-electron chi connectivity index (χ3n) is 4.19. The van der Waals surface area contributed by atoms with Gasteiger partial charge in [0.2, 0.25) is 0 Å². The predicted molar refractivity (Wildman–Crippen MR) is 113 cm³/mol. The van der Waals surface area contributed by atoms with Crippen LogP contribution in [-0.2, 0) is 13.3 Å². The number of benzene rings is 2. The van der Waals surface area contributed by atoms with Crippen LogP contribution in [-0.4, -0.2) is 25.5 Å². The molecular weight excluding hydrogens is 453 g/mol. The highest BCUT2D eigenvalue weighted by atomic mass is 79.9. The Bertz CT molecular complexity index is 1140. The van der Waals surface area contributed by atoms with Crippen LogP contribution in [0.1, 0.15) is 16.1 Å². The number of anilines is 1. The molecule has 7 nitrogen and oxygen atoms in total. The summed E-state index contributed by atoms with van der Waals surface area (Å²) in [6.45, 7) is 0.652. The number of carbonyl (C=O) groups excluding carboxylic acids is 1. The molecule has 0 unspecified atom stereocenters. The third kappa shape index (κ3) is 5.12. The van der Waals surface area contributed by atoms with Crippen LogP contribution < -0.4 is 10.1 Å². The van der Waals surface area contributed by atoms with Crippen LogP contribution >= 0.6 is 15.9 Å². The molecule has 0 fully saturated rings. The molecule has 30 heavy (non-hydrogen) atoms. The Hall–Kier alpha value is -3.46. The highest BCUT2D eigenvalue weighted by molar-refractivity contribution is 9.10. The molecule has 0 aliphatic carbocycles. The lowest BCUT2D eigenvalue weighted by atomic mass is 10.2. The van der Waals surface area contributed by atoms with Crippen LogP contribution in [0.3, 0.4) is 0 Å². The summed E-state index contributed by atoms with van der Waals surface area (Å²) in [5.74, 6) is 0.451. The number of halogens is 2. The van der Waals surface area contributed by atoms with E-state index in [1.54, 1.807) is 41.3 Å². The summed E-state index contributed by atoms with van der Waals surface area (Å²) in [4.78, 5) is 12.4. The Morgan fingerprint density at radius 2 is 1.70 bits per heavy atom. The lowest BCUT2D eigenvalue weighted by Crippen LogP contribution is -2.15. The maximum absolute atomic E-state index is 13.0.